The molecule has 1 aromatic rings. The minimum absolute atomic E-state index is 0.0260. The van der Waals surface area contributed by atoms with Crippen LogP contribution in [0.2, 0.25) is 0 Å². The third-order valence-corrected chi connectivity index (χ3v) is 3.77. The maximum atomic E-state index is 11.8. The first-order valence-electron chi connectivity index (χ1n) is 5.72. The van der Waals surface area contributed by atoms with Gasteiger partial charge in [0, 0.05) is 4.88 Å². The summed E-state index contributed by atoms with van der Waals surface area (Å²) >= 11 is 1.05. The van der Waals surface area contributed by atoms with Crippen molar-refractivity contribution in [3.05, 3.63) is 15.8 Å². The number of ether oxygens (including phenoxy) is 2. The molecule has 0 amide bonds. The van der Waals surface area contributed by atoms with Crippen LogP contribution in [0.5, 0.6) is 5.75 Å². The first-order valence-corrected chi connectivity index (χ1v) is 6.53. The lowest BCUT2D eigenvalue weighted by molar-refractivity contribution is -0.325. The average Bonchev–Trinajstić information content (AvgIpc) is 2.66. The molecule has 0 unspecified atom stereocenters. The Bertz CT molecular complexity index is 474. The van der Waals surface area contributed by atoms with Crippen molar-refractivity contribution in [2.75, 3.05) is 13.2 Å². The second kappa shape index (κ2) is 6.01. The molecule has 1 aromatic heterocycles. The number of aromatic carboxylic acids is 1. The number of carboxylic acid groups (broad SMARTS) is 1. The van der Waals surface area contributed by atoms with Crippen LogP contribution >= 0.6 is 11.3 Å². The van der Waals surface area contributed by atoms with E-state index >= 15 is 0 Å². The molecule has 0 aromatic carbocycles. The van der Waals surface area contributed by atoms with Crippen LogP contribution in [0, 0.1) is 0 Å². The van der Waals surface area contributed by atoms with Gasteiger partial charge in [-0.3, -0.25) is 4.74 Å². The van der Waals surface area contributed by atoms with Gasteiger partial charge < -0.3 is 9.84 Å². The highest BCUT2D eigenvalue weighted by atomic mass is 32.1. The van der Waals surface area contributed by atoms with Gasteiger partial charge in [-0.25, -0.2) is 4.79 Å². The van der Waals surface area contributed by atoms with Gasteiger partial charge in [0.15, 0.2) is 4.88 Å². The van der Waals surface area contributed by atoms with Gasteiger partial charge in [0.2, 0.25) is 0 Å². The predicted molar refractivity (Wildman–Crippen MR) is 67.5 cm³/mol. The monoisotopic (exact) mass is 312 g/mol. The van der Waals surface area contributed by atoms with E-state index in [1.165, 1.54) is 0 Å². The van der Waals surface area contributed by atoms with Gasteiger partial charge in [0.1, 0.15) is 12.4 Å². The molecule has 1 heterocycles. The third kappa shape index (κ3) is 5.01. The van der Waals surface area contributed by atoms with E-state index in [0.29, 0.717) is 0 Å². The number of rotatable bonds is 5. The average molecular weight is 312 g/mol. The fraction of sp³-hybridized carbons (Fsp3) is 0.583. The van der Waals surface area contributed by atoms with Gasteiger partial charge >= 0.3 is 12.3 Å². The smallest absolute Gasteiger partial charge is 0.489 e. The summed E-state index contributed by atoms with van der Waals surface area (Å²) in [7, 11) is 0. The number of thiophene rings is 1. The van der Waals surface area contributed by atoms with Crippen LogP contribution in [-0.4, -0.2) is 30.7 Å². The van der Waals surface area contributed by atoms with Crippen molar-refractivity contribution in [3.63, 3.8) is 0 Å². The molecule has 0 saturated heterocycles. The van der Waals surface area contributed by atoms with Crippen LogP contribution in [0.3, 0.4) is 0 Å². The molecule has 0 saturated carbocycles. The number of hydrogen-bond acceptors (Lipinski definition) is 4. The summed E-state index contributed by atoms with van der Waals surface area (Å²) in [5, 5.41) is 9.05. The normalized spacial score (nSPS) is 12.5. The Hall–Kier alpha value is -1.28. The Labute approximate surface area is 118 Å². The highest BCUT2D eigenvalue weighted by Crippen LogP contribution is 2.36. The van der Waals surface area contributed by atoms with Crippen LogP contribution in [0.25, 0.3) is 0 Å². The zero-order valence-corrected chi connectivity index (χ0v) is 12.0. The Morgan fingerprint density at radius 1 is 1.30 bits per heavy atom. The lowest BCUT2D eigenvalue weighted by Gasteiger charge is -2.15. The van der Waals surface area contributed by atoms with Crippen molar-refractivity contribution < 1.29 is 32.5 Å². The number of hydrogen-bond donors (Lipinski definition) is 1. The van der Waals surface area contributed by atoms with Crippen molar-refractivity contribution >= 4 is 17.3 Å². The molecule has 0 spiro atoms. The quantitative estimate of drug-likeness (QED) is 0.843. The first kappa shape index (κ1) is 16.8. The zero-order chi connectivity index (χ0) is 15.6. The van der Waals surface area contributed by atoms with Gasteiger partial charge in [-0.15, -0.1) is 24.5 Å². The second-order valence-electron chi connectivity index (χ2n) is 5.00. The molecule has 4 nitrogen and oxygen atoms in total. The molecule has 1 N–H and O–H groups in total. The second-order valence-corrected chi connectivity index (χ2v) is 6.05. The van der Waals surface area contributed by atoms with Crippen molar-refractivity contribution in [1.29, 1.82) is 0 Å². The molecule has 0 aliphatic heterocycles. The van der Waals surface area contributed by atoms with Crippen molar-refractivity contribution in [2.24, 2.45) is 0 Å². The van der Waals surface area contributed by atoms with Gasteiger partial charge in [-0.05, 0) is 11.5 Å². The summed E-state index contributed by atoms with van der Waals surface area (Å²) in [6, 6.07) is 1.54. The molecule has 0 radical (unpaired) electrons. The van der Waals surface area contributed by atoms with E-state index in [4.69, 9.17) is 9.84 Å². The van der Waals surface area contributed by atoms with Gasteiger partial charge in [-0.2, -0.15) is 0 Å². The molecule has 0 bridgehead atoms. The van der Waals surface area contributed by atoms with Crippen LogP contribution in [0.4, 0.5) is 13.2 Å². The van der Waals surface area contributed by atoms with E-state index in [1.807, 2.05) is 20.8 Å². The molecule has 0 aliphatic rings. The zero-order valence-electron chi connectivity index (χ0n) is 11.2. The molecule has 0 aliphatic carbocycles. The lowest BCUT2D eigenvalue weighted by atomic mass is 9.95. The van der Waals surface area contributed by atoms with Crippen LogP contribution < -0.4 is 4.74 Å². The molecule has 8 heteroatoms. The fourth-order valence-corrected chi connectivity index (χ4v) is 2.31. The summed E-state index contributed by atoms with van der Waals surface area (Å²) in [4.78, 5) is 11.8. The Balaban J connectivity index is 2.74. The number of carboxylic acids is 1. The minimum atomic E-state index is -4.72. The summed E-state index contributed by atoms with van der Waals surface area (Å²) in [5.41, 5.74) is -0.265. The SMILES string of the molecule is CC(C)(C)c1cc(OCCOC(F)(F)F)c(C(=O)O)s1. The van der Waals surface area contributed by atoms with Crippen molar-refractivity contribution in [1.82, 2.24) is 0 Å². The van der Waals surface area contributed by atoms with E-state index < -0.39 is 18.9 Å². The Morgan fingerprint density at radius 2 is 1.90 bits per heavy atom. The number of alkyl halides is 3. The Kier molecular flexibility index (Phi) is 5.04. The van der Waals surface area contributed by atoms with E-state index in [1.54, 1.807) is 6.07 Å². The molecule has 0 fully saturated rings. The highest BCUT2D eigenvalue weighted by Gasteiger charge is 2.29. The van der Waals surface area contributed by atoms with Gasteiger partial charge in [0.05, 0.1) is 6.61 Å². The van der Waals surface area contributed by atoms with Gasteiger partial charge in [0.25, 0.3) is 0 Å². The van der Waals surface area contributed by atoms with Crippen LogP contribution in [-0.2, 0) is 10.2 Å². The third-order valence-electron chi connectivity index (χ3n) is 2.24. The minimum Gasteiger partial charge on any atom is -0.489 e. The molecular weight excluding hydrogens is 297 g/mol. The molecule has 20 heavy (non-hydrogen) atoms. The Morgan fingerprint density at radius 3 is 2.35 bits per heavy atom. The molecule has 0 atom stereocenters. The standard InChI is InChI=1S/C12H15F3O4S/c1-11(2,3)8-6-7(9(20-8)10(16)17)18-4-5-19-12(13,14)15/h6H,4-5H2,1-3H3,(H,16,17). The maximum Gasteiger partial charge on any atom is 0.522 e. The summed E-state index contributed by atoms with van der Waals surface area (Å²) in [5.74, 6) is -1.10. The van der Waals surface area contributed by atoms with E-state index in [2.05, 4.69) is 4.74 Å². The highest BCUT2D eigenvalue weighted by molar-refractivity contribution is 7.14. The van der Waals surface area contributed by atoms with E-state index in [0.717, 1.165) is 16.2 Å². The summed E-state index contributed by atoms with van der Waals surface area (Å²) in [6.45, 7) is 4.65. The molecule has 114 valence electrons. The predicted octanol–water partition coefficient (Wildman–Crippen LogP) is 3.66. The van der Waals surface area contributed by atoms with E-state index in [-0.39, 0.29) is 22.6 Å². The molecule has 1 rings (SSSR count). The van der Waals surface area contributed by atoms with Gasteiger partial charge in [-0.1, -0.05) is 20.8 Å². The van der Waals surface area contributed by atoms with Crippen LogP contribution in [0.15, 0.2) is 6.07 Å². The van der Waals surface area contributed by atoms with Crippen molar-refractivity contribution in [3.8, 4) is 5.75 Å². The van der Waals surface area contributed by atoms with Crippen LogP contribution in [0.1, 0.15) is 35.3 Å². The molecular formula is C12H15F3O4S. The maximum absolute atomic E-state index is 11.8. The van der Waals surface area contributed by atoms with Crippen molar-refractivity contribution in [2.45, 2.75) is 32.5 Å². The lowest BCUT2D eigenvalue weighted by Crippen LogP contribution is -2.18. The number of carbonyl (C=O) groups is 1. The fourth-order valence-electron chi connectivity index (χ4n) is 1.31. The first-order chi connectivity index (χ1) is 9.00. The largest absolute Gasteiger partial charge is 0.522 e. The van der Waals surface area contributed by atoms with E-state index in [9.17, 15) is 18.0 Å². The topological polar surface area (TPSA) is 55.8 Å². The number of halogens is 3. The summed E-state index contributed by atoms with van der Waals surface area (Å²) < 4.78 is 44.0. The summed E-state index contributed by atoms with van der Waals surface area (Å²) in [6.07, 6.45) is -4.72.